The molecule has 0 heterocycles. The second-order valence-corrected chi connectivity index (χ2v) is 2.23. The number of hydrogen-bond acceptors (Lipinski definition) is 1. The van der Waals surface area contributed by atoms with Gasteiger partial charge in [0.25, 0.3) is 0 Å². The van der Waals surface area contributed by atoms with Gasteiger partial charge in [-0.15, -0.1) is 0 Å². The van der Waals surface area contributed by atoms with Gasteiger partial charge in [-0.05, 0) is 18.2 Å². The third kappa shape index (κ3) is 1.90. The Morgan fingerprint density at radius 2 is 1.92 bits per heavy atom. The van der Waals surface area contributed by atoms with Crippen LogP contribution in [0.5, 0.6) is 5.75 Å². The summed E-state index contributed by atoms with van der Waals surface area (Å²) in [5.74, 6) is 0.213. The fraction of sp³-hybridized carbons (Fsp3) is 0.250. The van der Waals surface area contributed by atoms with Crippen LogP contribution in [0.3, 0.4) is 0 Å². The molecule has 4 heteroatoms. The van der Waals surface area contributed by atoms with Crippen molar-refractivity contribution in [3.63, 3.8) is 0 Å². The van der Waals surface area contributed by atoms with Crippen LogP contribution >= 0.6 is 0 Å². The predicted octanol–water partition coefficient (Wildman–Crippen LogP) is 2.71. The van der Waals surface area contributed by atoms with Gasteiger partial charge in [-0.3, -0.25) is 0 Å². The highest BCUT2D eigenvalue weighted by atomic mass is 19.4. The molecule has 0 amide bonds. The van der Waals surface area contributed by atoms with E-state index in [0.29, 0.717) is 0 Å². The summed E-state index contributed by atoms with van der Waals surface area (Å²) in [4.78, 5) is 0. The van der Waals surface area contributed by atoms with E-state index >= 15 is 0 Å². The quantitative estimate of drug-likeness (QED) is 0.639. The lowest BCUT2D eigenvalue weighted by Crippen LogP contribution is -2.04. The number of rotatable bonds is 1. The van der Waals surface area contributed by atoms with E-state index in [1.54, 1.807) is 0 Å². The Hall–Kier alpha value is -1.19. The Kier molecular flexibility index (Phi) is 2.26. The fourth-order valence-electron chi connectivity index (χ4n) is 0.799. The highest BCUT2D eigenvalue weighted by Gasteiger charge is 2.30. The van der Waals surface area contributed by atoms with Crippen molar-refractivity contribution in [2.75, 3.05) is 7.11 Å². The Morgan fingerprint density at radius 3 is 2.42 bits per heavy atom. The van der Waals surface area contributed by atoms with E-state index in [1.807, 2.05) is 0 Å². The minimum atomic E-state index is -4.30. The standard InChI is InChI=1S/C8H7F3O/c1-12-7-4-2-3-6(5-7)8(9,10)11/h2-5H,1H3. The van der Waals surface area contributed by atoms with E-state index in [0.717, 1.165) is 12.1 Å². The van der Waals surface area contributed by atoms with Gasteiger partial charge in [0.15, 0.2) is 0 Å². The van der Waals surface area contributed by atoms with Crippen LogP contribution in [0.25, 0.3) is 0 Å². The van der Waals surface area contributed by atoms with Crippen LogP contribution in [0, 0.1) is 0 Å². The van der Waals surface area contributed by atoms with Crippen molar-refractivity contribution in [2.24, 2.45) is 0 Å². The van der Waals surface area contributed by atoms with Crippen molar-refractivity contribution in [1.82, 2.24) is 0 Å². The van der Waals surface area contributed by atoms with Crippen LogP contribution in [0.1, 0.15) is 5.56 Å². The first-order valence-corrected chi connectivity index (χ1v) is 3.25. The number of benzene rings is 1. The van der Waals surface area contributed by atoms with Crippen LogP contribution in [-0.2, 0) is 6.18 Å². The maximum atomic E-state index is 12.0. The molecule has 1 aromatic carbocycles. The molecule has 1 aromatic rings. The second-order valence-electron chi connectivity index (χ2n) is 2.23. The monoisotopic (exact) mass is 176 g/mol. The van der Waals surface area contributed by atoms with Crippen LogP contribution in [0.2, 0.25) is 0 Å². The molecule has 0 radical (unpaired) electrons. The average molecular weight is 176 g/mol. The number of methoxy groups -OCH3 is 1. The molecule has 1 rings (SSSR count). The topological polar surface area (TPSA) is 9.23 Å². The molecule has 0 aliphatic carbocycles. The first kappa shape index (κ1) is 8.90. The molecule has 0 fully saturated rings. The highest BCUT2D eigenvalue weighted by molar-refractivity contribution is 5.29. The molecule has 0 N–H and O–H groups in total. The average Bonchev–Trinajstić information content (AvgIpc) is 2.03. The van der Waals surface area contributed by atoms with Crippen molar-refractivity contribution in [1.29, 1.82) is 0 Å². The number of hydrogen-bond donors (Lipinski definition) is 0. The van der Waals surface area contributed by atoms with Crippen molar-refractivity contribution in [3.05, 3.63) is 29.8 Å². The van der Waals surface area contributed by atoms with Gasteiger partial charge in [0, 0.05) is 0 Å². The van der Waals surface area contributed by atoms with Crippen molar-refractivity contribution >= 4 is 0 Å². The fourth-order valence-corrected chi connectivity index (χ4v) is 0.799. The van der Waals surface area contributed by atoms with Gasteiger partial charge >= 0.3 is 6.18 Å². The van der Waals surface area contributed by atoms with E-state index in [1.165, 1.54) is 19.2 Å². The lowest BCUT2D eigenvalue weighted by atomic mass is 10.2. The Bertz CT molecular complexity index is 267. The number of alkyl halides is 3. The van der Waals surface area contributed by atoms with E-state index in [9.17, 15) is 13.2 Å². The molecule has 0 aliphatic rings. The molecule has 0 unspecified atom stereocenters. The summed E-state index contributed by atoms with van der Waals surface area (Å²) >= 11 is 0. The maximum absolute atomic E-state index is 12.0. The van der Waals surface area contributed by atoms with Crippen molar-refractivity contribution in [3.8, 4) is 5.75 Å². The summed E-state index contributed by atoms with van der Waals surface area (Å²) in [5, 5.41) is 0. The lowest BCUT2D eigenvalue weighted by molar-refractivity contribution is -0.137. The zero-order valence-corrected chi connectivity index (χ0v) is 6.35. The third-order valence-corrected chi connectivity index (χ3v) is 1.40. The predicted molar refractivity (Wildman–Crippen MR) is 38.0 cm³/mol. The van der Waals surface area contributed by atoms with Gasteiger partial charge in [0.2, 0.25) is 0 Å². The number of halogens is 3. The van der Waals surface area contributed by atoms with Gasteiger partial charge < -0.3 is 4.74 Å². The Labute approximate surface area is 67.8 Å². The molecule has 0 spiro atoms. The summed E-state index contributed by atoms with van der Waals surface area (Å²) < 4.78 is 40.8. The SMILES string of the molecule is COc1cccc(C(F)(F)F)c1. The van der Waals surface area contributed by atoms with E-state index in [-0.39, 0.29) is 5.75 Å². The summed E-state index contributed by atoms with van der Waals surface area (Å²) in [7, 11) is 1.33. The first-order chi connectivity index (χ1) is 5.54. The summed E-state index contributed by atoms with van der Waals surface area (Å²) in [6.45, 7) is 0. The van der Waals surface area contributed by atoms with Gasteiger partial charge in [-0.2, -0.15) is 13.2 Å². The van der Waals surface area contributed by atoms with E-state index in [2.05, 4.69) is 4.74 Å². The minimum Gasteiger partial charge on any atom is -0.497 e. The van der Waals surface area contributed by atoms with Crippen molar-refractivity contribution < 1.29 is 17.9 Å². The smallest absolute Gasteiger partial charge is 0.416 e. The second kappa shape index (κ2) is 3.05. The number of ether oxygens (including phenoxy) is 1. The zero-order chi connectivity index (χ0) is 9.19. The molecule has 0 saturated carbocycles. The Balaban J connectivity index is 3.02. The van der Waals surface area contributed by atoms with Crippen LogP contribution in [0.4, 0.5) is 13.2 Å². The maximum Gasteiger partial charge on any atom is 0.416 e. The molecule has 0 aliphatic heterocycles. The lowest BCUT2D eigenvalue weighted by Gasteiger charge is -2.07. The Morgan fingerprint density at radius 1 is 1.25 bits per heavy atom. The summed E-state index contributed by atoms with van der Waals surface area (Å²) in [5.41, 5.74) is -0.693. The van der Waals surface area contributed by atoms with E-state index < -0.39 is 11.7 Å². The summed E-state index contributed by atoms with van der Waals surface area (Å²) in [6, 6.07) is 4.74. The normalized spacial score (nSPS) is 11.3. The molecule has 0 saturated heterocycles. The zero-order valence-electron chi connectivity index (χ0n) is 6.35. The van der Waals surface area contributed by atoms with Crippen LogP contribution in [0.15, 0.2) is 24.3 Å². The molecule has 0 bridgehead atoms. The summed E-state index contributed by atoms with van der Waals surface area (Å²) in [6.07, 6.45) is -4.30. The largest absolute Gasteiger partial charge is 0.497 e. The molecule has 66 valence electrons. The van der Waals surface area contributed by atoms with Gasteiger partial charge in [-0.25, -0.2) is 0 Å². The molecule has 12 heavy (non-hydrogen) atoms. The minimum absolute atomic E-state index is 0.213. The van der Waals surface area contributed by atoms with E-state index in [4.69, 9.17) is 0 Å². The highest BCUT2D eigenvalue weighted by Crippen LogP contribution is 2.30. The third-order valence-electron chi connectivity index (χ3n) is 1.40. The first-order valence-electron chi connectivity index (χ1n) is 3.25. The van der Waals surface area contributed by atoms with Crippen molar-refractivity contribution in [2.45, 2.75) is 6.18 Å². The molecule has 0 aromatic heterocycles. The van der Waals surface area contributed by atoms with Crippen LogP contribution in [-0.4, -0.2) is 7.11 Å². The van der Waals surface area contributed by atoms with Crippen LogP contribution < -0.4 is 4.74 Å². The molecule has 0 atom stereocenters. The molecule has 1 nitrogen and oxygen atoms in total. The molecular formula is C8H7F3O. The van der Waals surface area contributed by atoms with Gasteiger partial charge in [0.1, 0.15) is 5.75 Å². The van der Waals surface area contributed by atoms with Gasteiger partial charge in [-0.1, -0.05) is 6.07 Å². The van der Waals surface area contributed by atoms with Gasteiger partial charge in [0.05, 0.1) is 12.7 Å². The molecular weight excluding hydrogens is 169 g/mol.